The summed E-state index contributed by atoms with van der Waals surface area (Å²) in [6.45, 7) is 5.20. The summed E-state index contributed by atoms with van der Waals surface area (Å²) in [5.74, 6) is 2.45. The SMILES string of the molecule is COc1cc2c(cc1OC)C(COc1ccc(C(C)C)cc1)N(C(=O)c1cccc(Cl)c1)CC2. The molecule has 1 heterocycles. The molecule has 0 spiro atoms. The van der Waals surface area contributed by atoms with E-state index in [0.29, 0.717) is 47.6 Å². The number of fused-ring (bicyclic) bond motifs is 1. The molecule has 1 aliphatic rings. The van der Waals surface area contributed by atoms with E-state index < -0.39 is 0 Å². The number of hydrogen-bond acceptors (Lipinski definition) is 4. The van der Waals surface area contributed by atoms with Crippen LogP contribution in [-0.2, 0) is 6.42 Å². The molecule has 5 nitrogen and oxygen atoms in total. The van der Waals surface area contributed by atoms with Crippen LogP contribution in [0.15, 0.2) is 60.7 Å². The average Bonchev–Trinajstić information content (AvgIpc) is 2.86. The third-order valence-corrected chi connectivity index (χ3v) is 6.52. The number of carbonyl (C=O) groups is 1. The van der Waals surface area contributed by atoms with E-state index in [9.17, 15) is 4.79 Å². The maximum atomic E-state index is 13.5. The van der Waals surface area contributed by atoms with E-state index >= 15 is 0 Å². The van der Waals surface area contributed by atoms with Crippen LogP contribution in [0.3, 0.4) is 0 Å². The Morgan fingerprint density at radius 1 is 1.03 bits per heavy atom. The summed E-state index contributed by atoms with van der Waals surface area (Å²) in [6, 6.07) is 18.9. The molecule has 0 saturated carbocycles. The third kappa shape index (κ3) is 5.00. The van der Waals surface area contributed by atoms with Crippen molar-refractivity contribution in [3.63, 3.8) is 0 Å². The molecule has 0 saturated heterocycles. The molecule has 34 heavy (non-hydrogen) atoms. The Morgan fingerprint density at radius 2 is 1.74 bits per heavy atom. The standard InChI is InChI=1S/C28H30ClNO4/c1-18(2)19-8-10-23(11-9-19)34-17-25-24-16-27(33-4)26(32-3)15-20(24)12-13-30(25)28(31)21-6-5-7-22(29)14-21/h5-11,14-16,18,25H,12-13,17H2,1-4H3. The lowest BCUT2D eigenvalue weighted by Gasteiger charge is -2.37. The Bertz CT molecular complexity index is 1160. The van der Waals surface area contributed by atoms with Gasteiger partial charge in [-0.1, -0.05) is 43.6 Å². The minimum absolute atomic E-state index is 0.0771. The predicted octanol–water partition coefficient (Wildman–Crippen LogP) is 6.30. The number of nitrogens with zero attached hydrogens (tertiary/aromatic N) is 1. The van der Waals surface area contributed by atoms with Gasteiger partial charge < -0.3 is 19.1 Å². The first kappa shape index (κ1) is 24.0. The van der Waals surface area contributed by atoms with Gasteiger partial charge in [0.1, 0.15) is 12.4 Å². The highest BCUT2D eigenvalue weighted by molar-refractivity contribution is 6.30. The van der Waals surface area contributed by atoms with E-state index in [1.807, 2.05) is 29.2 Å². The lowest BCUT2D eigenvalue weighted by molar-refractivity contribution is 0.0589. The second-order valence-electron chi connectivity index (χ2n) is 8.72. The number of benzene rings is 3. The van der Waals surface area contributed by atoms with Crippen molar-refractivity contribution < 1.29 is 19.0 Å². The highest BCUT2D eigenvalue weighted by Gasteiger charge is 2.33. The van der Waals surface area contributed by atoms with Crippen LogP contribution in [-0.4, -0.2) is 38.2 Å². The molecule has 6 heteroatoms. The first-order valence-corrected chi connectivity index (χ1v) is 11.8. The Hall–Kier alpha value is -3.18. The van der Waals surface area contributed by atoms with Gasteiger partial charge in [0.15, 0.2) is 11.5 Å². The summed E-state index contributed by atoms with van der Waals surface area (Å²) < 4.78 is 17.3. The highest BCUT2D eigenvalue weighted by Crippen LogP contribution is 2.39. The minimum Gasteiger partial charge on any atom is -0.493 e. The Morgan fingerprint density at radius 3 is 2.38 bits per heavy atom. The van der Waals surface area contributed by atoms with E-state index in [2.05, 4.69) is 26.0 Å². The molecular formula is C28H30ClNO4. The zero-order valence-corrected chi connectivity index (χ0v) is 20.8. The molecule has 0 aromatic heterocycles. The molecule has 1 atom stereocenters. The second-order valence-corrected chi connectivity index (χ2v) is 9.15. The van der Waals surface area contributed by atoms with Crippen LogP contribution >= 0.6 is 11.6 Å². The molecule has 4 rings (SSSR count). The molecule has 1 unspecified atom stereocenters. The fourth-order valence-electron chi connectivity index (χ4n) is 4.36. The summed E-state index contributed by atoms with van der Waals surface area (Å²) in [6.07, 6.45) is 0.710. The Kier molecular flexibility index (Phi) is 7.32. The molecular weight excluding hydrogens is 450 g/mol. The zero-order valence-electron chi connectivity index (χ0n) is 20.0. The predicted molar refractivity (Wildman–Crippen MR) is 135 cm³/mol. The number of methoxy groups -OCH3 is 2. The molecule has 0 N–H and O–H groups in total. The van der Waals surface area contributed by atoms with Gasteiger partial charge in [0.05, 0.1) is 20.3 Å². The van der Waals surface area contributed by atoms with E-state index in [0.717, 1.165) is 16.9 Å². The van der Waals surface area contributed by atoms with Crippen LogP contribution < -0.4 is 14.2 Å². The monoisotopic (exact) mass is 479 g/mol. The number of ether oxygens (including phenoxy) is 3. The average molecular weight is 480 g/mol. The largest absolute Gasteiger partial charge is 0.493 e. The lowest BCUT2D eigenvalue weighted by Crippen LogP contribution is -2.42. The van der Waals surface area contributed by atoms with Crippen LogP contribution in [0.2, 0.25) is 5.02 Å². The van der Waals surface area contributed by atoms with E-state index in [-0.39, 0.29) is 11.9 Å². The fourth-order valence-corrected chi connectivity index (χ4v) is 4.55. The normalized spacial score (nSPS) is 15.1. The molecule has 0 fully saturated rings. The molecule has 3 aromatic rings. The highest BCUT2D eigenvalue weighted by atomic mass is 35.5. The quantitative estimate of drug-likeness (QED) is 0.399. The smallest absolute Gasteiger partial charge is 0.254 e. The number of rotatable bonds is 7. The number of amides is 1. The molecule has 1 aliphatic heterocycles. The molecule has 178 valence electrons. The van der Waals surface area contributed by atoms with Gasteiger partial charge in [0.25, 0.3) is 5.91 Å². The summed E-state index contributed by atoms with van der Waals surface area (Å²) >= 11 is 6.17. The number of halogens is 1. The van der Waals surface area contributed by atoms with E-state index in [1.54, 1.807) is 38.5 Å². The molecule has 0 bridgehead atoms. The Labute approximate surface area is 206 Å². The van der Waals surface area contributed by atoms with Gasteiger partial charge in [-0.05, 0) is 71.5 Å². The molecule has 1 amide bonds. The number of hydrogen-bond donors (Lipinski definition) is 0. The maximum absolute atomic E-state index is 13.5. The van der Waals surface area contributed by atoms with Gasteiger partial charge in [-0.15, -0.1) is 0 Å². The lowest BCUT2D eigenvalue weighted by atomic mass is 9.91. The van der Waals surface area contributed by atoms with Gasteiger partial charge >= 0.3 is 0 Å². The maximum Gasteiger partial charge on any atom is 0.254 e. The topological polar surface area (TPSA) is 48.0 Å². The van der Waals surface area contributed by atoms with E-state index in [1.165, 1.54) is 5.56 Å². The van der Waals surface area contributed by atoms with Gasteiger partial charge in [0.2, 0.25) is 0 Å². The van der Waals surface area contributed by atoms with Crippen molar-refractivity contribution in [2.24, 2.45) is 0 Å². The summed E-state index contributed by atoms with van der Waals surface area (Å²) in [5, 5.41) is 0.535. The van der Waals surface area contributed by atoms with E-state index in [4.69, 9.17) is 25.8 Å². The fraction of sp³-hybridized carbons (Fsp3) is 0.321. The summed E-state index contributed by atoms with van der Waals surface area (Å²) in [7, 11) is 3.24. The van der Waals surface area contributed by atoms with Crippen molar-refractivity contribution in [1.29, 1.82) is 0 Å². The summed E-state index contributed by atoms with van der Waals surface area (Å²) in [4.78, 5) is 15.4. The van der Waals surface area contributed by atoms with Gasteiger partial charge in [-0.3, -0.25) is 4.79 Å². The van der Waals surface area contributed by atoms with Crippen molar-refractivity contribution in [2.75, 3.05) is 27.4 Å². The molecule has 3 aromatic carbocycles. The zero-order chi connectivity index (χ0) is 24.2. The van der Waals surface area contributed by atoms with Crippen LogP contribution in [0.4, 0.5) is 0 Å². The Balaban J connectivity index is 1.68. The summed E-state index contributed by atoms with van der Waals surface area (Å²) in [5.41, 5.74) is 3.93. The minimum atomic E-state index is -0.292. The van der Waals surface area contributed by atoms with Gasteiger partial charge in [-0.2, -0.15) is 0 Å². The van der Waals surface area contributed by atoms with Gasteiger partial charge in [0, 0.05) is 17.1 Å². The molecule has 0 aliphatic carbocycles. The van der Waals surface area contributed by atoms with Crippen molar-refractivity contribution >= 4 is 17.5 Å². The van der Waals surface area contributed by atoms with Crippen LogP contribution in [0, 0.1) is 0 Å². The van der Waals surface area contributed by atoms with Crippen molar-refractivity contribution in [2.45, 2.75) is 32.2 Å². The van der Waals surface area contributed by atoms with Crippen molar-refractivity contribution in [3.05, 3.63) is 87.9 Å². The third-order valence-electron chi connectivity index (χ3n) is 6.29. The van der Waals surface area contributed by atoms with Crippen molar-refractivity contribution in [3.8, 4) is 17.2 Å². The van der Waals surface area contributed by atoms with Crippen LogP contribution in [0.25, 0.3) is 0 Å². The number of carbonyl (C=O) groups excluding carboxylic acids is 1. The van der Waals surface area contributed by atoms with Crippen molar-refractivity contribution in [1.82, 2.24) is 4.90 Å². The van der Waals surface area contributed by atoms with Crippen LogP contribution in [0.5, 0.6) is 17.2 Å². The van der Waals surface area contributed by atoms with Crippen LogP contribution in [0.1, 0.15) is 52.9 Å². The molecule has 0 radical (unpaired) electrons. The van der Waals surface area contributed by atoms with Gasteiger partial charge in [-0.25, -0.2) is 0 Å². The second kappa shape index (κ2) is 10.4. The first-order valence-electron chi connectivity index (χ1n) is 11.4. The first-order chi connectivity index (χ1) is 16.4.